The van der Waals surface area contributed by atoms with Gasteiger partial charge < -0.3 is 19.0 Å². The molecule has 0 radical (unpaired) electrons. The molecule has 0 unspecified atom stereocenters. The first-order valence-corrected chi connectivity index (χ1v) is 8.60. The summed E-state index contributed by atoms with van der Waals surface area (Å²) in [6.45, 7) is 1.76. The summed E-state index contributed by atoms with van der Waals surface area (Å²) in [5, 5.41) is 5.53. The molecule has 0 atom stereocenters. The minimum atomic E-state index is -0.741. The number of ether oxygens (including phenoxy) is 3. The Labute approximate surface area is 155 Å². The average molecular weight is 377 g/mol. The second-order valence-corrected chi connectivity index (χ2v) is 5.94. The summed E-state index contributed by atoms with van der Waals surface area (Å²) < 4.78 is 15.6. The second kappa shape index (κ2) is 9.00. The summed E-state index contributed by atoms with van der Waals surface area (Å²) in [6, 6.07) is 6.37. The Morgan fingerprint density at radius 3 is 2.19 bits per heavy atom. The Bertz CT molecular complexity index is 788. The fourth-order valence-electron chi connectivity index (χ4n) is 2.16. The summed E-state index contributed by atoms with van der Waals surface area (Å²) in [7, 11) is 4.35. The van der Waals surface area contributed by atoms with Crippen molar-refractivity contribution in [1.82, 2.24) is 0 Å². The standard InChI is InChI=1S/C18H19NO6S/c1-5-12(16(20)15-7-6-8-26-15)19-25-18(21)11-9-13(22-2)17(24-4)14(10-11)23-3/h6-10H,5H2,1-4H3/b19-12-. The molecule has 1 heterocycles. The molecule has 0 spiro atoms. The van der Waals surface area contributed by atoms with Crippen LogP contribution in [0.2, 0.25) is 0 Å². The summed E-state index contributed by atoms with van der Waals surface area (Å²) in [5.74, 6) is -0.0205. The number of benzene rings is 1. The van der Waals surface area contributed by atoms with E-state index in [1.807, 2.05) is 0 Å². The number of hydrogen-bond donors (Lipinski definition) is 0. The molecule has 7 nitrogen and oxygen atoms in total. The van der Waals surface area contributed by atoms with Crippen LogP contribution in [0.1, 0.15) is 33.4 Å². The molecule has 0 aliphatic heterocycles. The molecule has 1 aromatic heterocycles. The van der Waals surface area contributed by atoms with E-state index in [2.05, 4.69) is 5.16 Å². The van der Waals surface area contributed by atoms with E-state index in [1.54, 1.807) is 24.4 Å². The zero-order valence-corrected chi connectivity index (χ0v) is 15.7. The van der Waals surface area contributed by atoms with Crippen LogP contribution in [0.4, 0.5) is 0 Å². The van der Waals surface area contributed by atoms with Crippen molar-refractivity contribution in [3.05, 3.63) is 40.1 Å². The highest BCUT2D eigenvalue weighted by Gasteiger charge is 2.19. The number of nitrogens with zero attached hydrogens (tertiary/aromatic N) is 1. The number of Topliss-reactive ketones (excluding diaryl/α,β-unsaturated/α-hetero) is 1. The molecule has 26 heavy (non-hydrogen) atoms. The van der Waals surface area contributed by atoms with Gasteiger partial charge in [0, 0.05) is 0 Å². The van der Waals surface area contributed by atoms with E-state index in [1.165, 1.54) is 44.8 Å². The Kier molecular flexibility index (Phi) is 6.74. The largest absolute Gasteiger partial charge is 0.493 e. The molecular weight excluding hydrogens is 358 g/mol. The van der Waals surface area contributed by atoms with E-state index < -0.39 is 5.97 Å². The quantitative estimate of drug-likeness (QED) is 0.303. The number of thiophene rings is 1. The van der Waals surface area contributed by atoms with Crippen molar-refractivity contribution in [1.29, 1.82) is 0 Å². The minimum Gasteiger partial charge on any atom is -0.493 e. The molecule has 0 saturated heterocycles. The van der Waals surface area contributed by atoms with Gasteiger partial charge in [0.05, 0.1) is 31.8 Å². The fraction of sp³-hybridized carbons (Fsp3) is 0.278. The van der Waals surface area contributed by atoms with Gasteiger partial charge in [0.2, 0.25) is 11.5 Å². The summed E-state index contributed by atoms with van der Waals surface area (Å²) in [6.07, 6.45) is 0.333. The summed E-state index contributed by atoms with van der Waals surface area (Å²) >= 11 is 1.30. The lowest BCUT2D eigenvalue weighted by molar-refractivity contribution is 0.0514. The third-order valence-corrected chi connectivity index (χ3v) is 4.35. The second-order valence-electron chi connectivity index (χ2n) is 4.99. The summed E-state index contributed by atoms with van der Waals surface area (Å²) in [4.78, 5) is 30.1. The van der Waals surface area contributed by atoms with Crippen molar-refractivity contribution in [2.75, 3.05) is 21.3 Å². The van der Waals surface area contributed by atoms with Crippen LogP contribution in [0.25, 0.3) is 0 Å². The molecule has 2 aromatic rings. The highest BCUT2D eigenvalue weighted by Crippen LogP contribution is 2.38. The monoisotopic (exact) mass is 377 g/mol. The van der Waals surface area contributed by atoms with Gasteiger partial charge in [0.1, 0.15) is 5.71 Å². The van der Waals surface area contributed by atoms with E-state index in [-0.39, 0.29) is 17.1 Å². The molecule has 0 saturated carbocycles. The normalized spacial score (nSPS) is 11.0. The number of rotatable bonds is 8. The van der Waals surface area contributed by atoms with Crippen LogP contribution >= 0.6 is 11.3 Å². The lowest BCUT2D eigenvalue weighted by Gasteiger charge is -2.13. The van der Waals surface area contributed by atoms with Gasteiger partial charge in [0.25, 0.3) is 0 Å². The van der Waals surface area contributed by atoms with Gasteiger partial charge in [0.15, 0.2) is 11.5 Å². The SMILES string of the molecule is CC/C(=N/OC(=O)c1cc(OC)c(OC)c(OC)c1)C(=O)c1cccs1. The molecule has 0 amide bonds. The van der Waals surface area contributed by atoms with Crippen molar-refractivity contribution in [3.8, 4) is 17.2 Å². The van der Waals surface area contributed by atoms with Crippen molar-refractivity contribution >= 4 is 28.8 Å². The molecule has 0 fully saturated rings. The topological polar surface area (TPSA) is 83.4 Å². The Hall–Kier alpha value is -2.87. The molecular formula is C18H19NO6S. The molecule has 0 aliphatic carbocycles. The molecule has 1 aromatic carbocycles. The predicted octanol–water partition coefficient (Wildman–Crippen LogP) is 3.58. The lowest BCUT2D eigenvalue weighted by atomic mass is 10.1. The van der Waals surface area contributed by atoms with Gasteiger partial charge in [-0.05, 0) is 30.0 Å². The number of ketones is 1. The Balaban J connectivity index is 2.24. The molecule has 2 rings (SSSR count). The highest BCUT2D eigenvalue weighted by atomic mass is 32.1. The smallest absolute Gasteiger partial charge is 0.366 e. The van der Waals surface area contributed by atoms with E-state index in [0.717, 1.165) is 0 Å². The van der Waals surface area contributed by atoms with Gasteiger partial charge in [-0.1, -0.05) is 18.1 Å². The van der Waals surface area contributed by atoms with Crippen molar-refractivity contribution in [2.45, 2.75) is 13.3 Å². The maximum Gasteiger partial charge on any atom is 0.366 e. The Morgan fingerprint density at radius 1 is 1.08 bits per heavy atom. The zero-order valence-electron chi connectivity index (χ0n) is 14.9. The van der Waals surface area contributed by atoms with E-state index in [9.17, 15) is 9.59 Å². The summed E-state index contributed by atoms with van der Waals surface area (Å²) in [5.41, 5.74) is 0.315. The fourth-order valence-corrected chi connectivity index (χ4v) is 2.85. The maximum absolute atomic E-state index is 12.3. The molecule has 0 N–H and O–H groups in total. The van der Waals surface area contributed by atoms with Crippen molar-refractivity contribution in [3.63, 3.8) is 0 Å². The minimum absolute atomic E-state index is 0.155. The number of oxime groups is 1. The predicted molar refractivity (Wildman–Crippen MR) is 97.9 cm³/mol. The Morgan fingerprint density at radius 2 is 1.73 bits per heavy atom. The zero-order chi connectivity index (χ0) is 19.1. The van der Waals surface area contributed by atoms with Crippen molar-refractivity contribution < 1.29 is 28.6 Å². The number of hydrogen-bond acceptors (Lipinski definition) is 8. The third kappa shape index (κ3) is 4.20. The van der Waals surface area contributed by atoms with E-state index in [0.29, 0.717) is 28.5 Å². The average Bonchev–Trinajstić information content (AvgIpc) is 3.21. The van der Waals surface area contributed by atoms with Crippen LogP contribution in [0.15, 0.2) is 34.8 Å². The first-order valence-electron chi connectivity index (χ1n) is 7.72. The van der Waals surface area contributed by atoms with Gasteiger partial charge in [-0.25, -0.2) is 4.79 Å². The molecule has 8 heteroatoms. The third-order valence-electron chi connectivity index (χ3n) is 3.48. The molecule has 0 bridgehead atoms. The number of methoxy groups -OCH3 is 3. The molecule has 138 valence electrons. The van der Waals surface area contributed by atoms with Crippen LogP contribution in [-0.2, 0) is 4.84 Å². The van der Waals surface area contributed by atoms with Gasteiger partial charge in [-0.15, -0.1) is 11.3 Å². The lowest BCUT2D eigenvalue weighted by Crippen LogP contribution is -2.14. The van der Waals surface area contributed by atoms with Crippen LogP contribution in [0.3, 0.4) is 0 Å². The first kappa shape index (κ1) is 19.5. The van der Waals surface area contributed by atoms with Crippen LogP contribution in [-0.4, -0.2) is 38.8 Å². The first-order chi connectivity index (χ1) is 12.5. The van der Waals surface area contributed by atoms with Gasteiger partial charge in [-0.3, -0.25) is 4.79 Å². The van der Waals surface area contributed by atoms with Gasteiger partial charge >= 0.3 is 5.97 Å². The maximum atomic E-state index is 12.3. The van der Waals surface area contributed by atoms with Crippen molar-refractivity contribution in [2.24, 2.45) is 5.16 Å². The number of carbonyl (C=O) groups is 2. The van der Waals surface area contributed by atoms with E-state index >= 15 is 0 Å². The van der Waals surface area contributed by atoms with E-state index in [4.69, 9.17) is 19.0 Å². The van der Waals surface area contributed by atoms with Crippen LogP contribution in [0.5, 0.6) is 17.2 Å². The van der Waals surface area contributed by atoms with Crippen LogP contribution in [0, 0.1) is 0 Å². The van der Waals surface area contributed by atoms with Gasteiger partial charge in [-0.2, -0.15) is 0 Å². The van der Waals surface area contributed by atoms with Crippen LogP contribution < -0.4 is 14.2 Å². The molecule has 0 aliphatic rings. The highest BCUT2D eigenvalue weighted by molar-refractivity contribution is 7.13. The number of carbonyl (C=O) groups excluding carboxylic acids is 2.